The number of urea groups is 1. The van der Waals surface area contributed by atoms with Gasteiger partial charge in [0.05, 0.1) is 10.7 Å². The van der Waals surface area contributed by atoms with Gasteiger partial charge in [-0.25, -0.2) is 9.78 Å². The van der Waals surface area contributed by atoms with Crippen LogP contribution in [0.1, 0.15) is 21.1 Å². The van der Waals surface area contributed by atoms with E-state index < -0.39 is 0 Å². The Hall–Kier alpha value is -2.45. The number of hydrogen-bond donors (Lipinski definition) is 1. The van der Waals surface area contributed by atoms with Crippen molar-refractivity contribution in [3.05, 3.63) is 45.9 Å². The molecule has 0 unspecified atom stereocenters. The molecule has 2 aliphatic heterocycles. The number of nitrogens with zero attached hydrogens (tertiary/aromatic N) is 4. The van der Waals surface area contributed by atoms with E-state index in [2.05, 4.69) is 20.6 Å². The van der Waals surface area contributed by atoms with Crippen molar-refractivity contribution in [2.75, 3.05) is 44.2 Å². The van der Waals surface area contributed by atoms with Crippen LogP contribution in [0.4, 0.5) is 10.5 Å². The maximum atomic E-state index is 12.9. The fraction of sp³-hybridized carbons (Fsp3) is 0.421. The zero-order chi connectivity index (χ0) is 18.8. The molecular formula is C19H23N5O2S. The lowest BCUT2D eigenvalue weighted by atomic mass is 10.1. The van der Waals surface area contributed by atoms with Crippen molar-refractivity contribution in [3.63, 3.8) is 0 Å². The minimum absolute atomic E-state index is 0.0283. The second-order valence-corrected chi connectivity index (χ2v) is 7.92. The van der Waals surface area contributed by atoms with E-state index in [4.69, 9.17) is 0 Å². The van der Waals surface area contributed by atoms with E-state index in [-0.39, 0.29) is 11.9 Å². The number of anilines is 1. The molecule has 1 aromatic carbocycles. The number of benzene rings is 1. The topological polar surface area (TPSA) is 68.8 Å². The first-order chi connectivity index (χ1) is 13.1. The van der Waals surface area contributed by atoms with Gasteiger partial charge in [-0.1, -0.05) is 6.07 Å². The van der Waals surface area contributed by atoms with E-state index >= 15 is 0 Å². The Morgan fingerprint density at radius 1 is 1.22 bits per heavy atom. The normalized spacial score (nSPS) is 18.0. The first-order valence-electron chi connectivity index (χ1n) is 9.18. The van der Waals surface area contributed by atoms with Crippen LogP contribution >= 0.6 is 11.3 Å². The first kappa shape index (κ1) is 17.9. The molecule has 2 saturated heterocycles. The lowest BCUT2D eigenvalue weighted by Gasteiger charge is -2.34. The number of nitrogens with one attached hydrogen (secondary N) is 1. The van der Waals surface area contributed by atoms with Crippen molar-refractivity contribution in [2.24, 2.45) is 0 Å². The molecule has 0 aliphatic carbocycles. The van der Waals surface area contributed by atoms with E-state index in [1.54, 1.807) is 16.2 Å². The van der Waals surface area contributed by atoms with Gasteiger partial charge in [0.25, 0.3) is 5.91 Å². The second-order valence-electron chi connectivity index (χ2n) is 6.86. The van der Waals surface area contributed by atoms with E-state index in [1.165, 1.54) is 0 Å². The Morgan fingerprint density at radius 2 is 2.04 bits per heavy atom. The lowest BCUT2D eigenvalue weighted by molar-refractivity contribution is 0.0627. The Labute approximate surface area is 162 Å². The van der Waals surface area contributed by atoms with Gasteiger partial charge in [0.2, 0.25) is 0 Å². The van der Waals surface area contributed by atoms with Gasteiger partial charge < -0.3 is 10.2 Å². The number of aromatic nitrogens is 1. The van der Waals surface area contributed by atoms with Crippen LogP contribution in [0.15, 0.2) is 29.6 Å². The molecule has 3 amide bonds. The average molecular weight is 385 g/mol. The summed E-state index contributed by atoms with van der Waals surface area (Å²) in [7, 11) is 0. The van der Waals surface area contributed by atoms with Gasteiger partial charge in [0, 0.05) is 62.4 Å². The first-order valence-corrected chi connectivity index (χ1v) is 10.1. The summed E-state index contributed by atoms with van der Waals surface area (Å²) in [6, 6.07) is 7.25. The lowest BCUT2D eigenvalue weighted by Crippen LogP contribution is -2.48. The maximum Gasteiger partial charge on any atom is 0.321 e. The number of piperazine rings is 1. The molecule has 3 heterocycles. The summed E-state index contributed by atoms with van der Waals surface area (Å²) in [5.74, 6) is 0.0283. The summed E-state index contributed by atoms with van der Waals surface area (Å²) in [4.78, 5) is 35.2. The number of thiazole rings is 1. The van der Waals surface area contributed by atoms with E-state index in [0.29, 0.717) is 31.7 Å². The zero-order valence-electron chi connectivity index (χ0n) is 15.4. The number of amides is 3. The molecule has 0 bridgehead atoms. The van der Waals surface area contributed by atoms with Crippen LogP contribution in [0, 0.1) is 6.92 Å². The molecule has 1 N–H and O–H groups in total. The molecule has 1 aromatic heterocycles. The van der Waals surface area contributed by atoms with E-state index in [1.807, 2.05) is 36.1 Å². The zero-order valence-corrected chi connectivity index (χ0v) is 16.2. The van der Waals surface area contributed by atoms with Crippen molar-refractivity contribution < 1.29 is 9.59 Å². The molecule has 4 rings (SSSR count). The van der Waals surface area contributed by atoms with Gasteiger partial charge in [0.15, 0.2) is 0 Å². The summed E-state index contributed by atoms with van der Waals surface area (Å²) in [5.41, 5.74) is 2.51. The molecule has 142 valence electrons. The number of hydrogen-bond acceptors (Lipinski definition) is 5. The largest absolute Gasteiger partial charge is 0.336 e. The summed E-state index contributed by atoms with van der Waals surface area (Å²) >= 11 is 1.67. The Balaban J connectivity index is 1.37. The van der Waals surface area contributed by atoms with E-state index in [9.17, 15) is 9.59 Å². The van der Waals surface area contributed by atoms with Crippen molar-refractivity contribution in [1.82, 2.24) is 20.1 Å². The third kappa shape index (κ3) is 3.96. The fourth-order valence-corrected chi connectivity index (χ4v) is 4.13. The number of rotatable bonds is 4. The highest BCUT2D eigenvalue weighted by molar-refractivity contribution is 7.09. The average Bonchev–Trinajstić information content (AvgIpc) is 3.30. The molecule has 2 aromatic rings. The summed E-state index contributed by atoms with van der Waals surface area (Å²) in [5, 5.41) is 5.98. The van der Waals surface area contributed by atoms with Crippen LogP contribution in [0.2, 0.25) is 0 Å². The van der Waals surface area contributed by atoms with Crippen LogP contribution in [-0.4, -0.2) is 66.0 Å². The third-order valence-electron chi connectivity index (χ3n) is 4.97. The van der Waals surface area contributed by atoms with E-state index in [0.717, 1.165) is 36.0 Å². The van der Waals surface area contributed by atoms with Crippen molar-refractivity contribution in [1.29, 1.82) is 0 Å². The molecule has 2 aliphatic rings. The fourth-order valence-electron chi connectivity index (χ4n) is 3.53. The van der Waals surface area contributed by atoms with Gasteiger partial charge in [0.1, 0.15) is 0 Å². The minimum atomic E-state index is -0.106. The quantitative estimate of drug-likeness (QED) is 0.873. The number of carbonyl (C=O) groups is 2. The molecule has 0 saturated carbocycles. The molecule has 0 radical (unpaired) electrons. The standard InChI is InChI=1S/C19H23N5O2S/c1-14-21-16(13-27-14)12-22-7-9-23(10-8-22)18(25)15-3-2-4-17(11-15)24-6-5-20-19(24)26/h2-4,11,13H,5-10,12H2,1H3,(H,20,26). The van der Waals surface area contributed by atoms with Crippen LogP contribution in [0.25, 0.3) is 0 Å². The summed E-state index contributed by atoms with van der Waals surface area (Å²) in [6.45, 7) is 7.22. The predicted molar refractivity (Wildman–Crippen MR) is 105 cm³/mol. The smallest absolute Gasteiger partial charge is 0.321 e. The number of aryl methyl sites for hydroxylation is 1. The highest BCUT2D eigenvalue weighted by atomic mass is 32.1. The molecule has 2 fully saturated rings. The van der Waals surface area contributed by atoms with Gasteiger partial charge in [-0.3, -0.25) is 14.6 Å². The third-order valence-corrected chi connectivity index (χ3v) is 5.80. The summed E-state index contributed by atoms with van der Waals surface area (Å²) < 4.78 is 0. The molecule has 27 heavy (non-hydrogen) atoms. The van der Waals surface area contributed by atoms with Crippen molar-refractivity contribution in [2.45, 2.75) is 13.5 Å². The molecular weight excluding hydrogens is 362 g/mol. The minimum Gasteiger partial charge on any atom is -0.336 e. The Kier molecular flexibility index (Phi) is 5.09. The second kappa shape index (κ2) is 7.66. The molecule has 8 heteroatoms. The molecule has 7 nitrogen and oxygen atoms in total. The Bertz CT molecular complexity index is 844. The van der Waals surface area contributed by atoms with Gasteiger partial charge >= 0.3 is 6.03 Å². The Morgan fingerprint density at radius 3 is 2.70 bits per heavy atom. The van der Waals surface area contributed by atoms with Crippen LogP contribution in [0.3, 0.4) is 0 Å². The summed E-state index contributed by atoms with van der Waals surface area (Å²) in [6.07, 6.45) is 0. The van der Waals surface area contributed by atoms with Crippen molar-refractivity contribution in [3.8, 4) is 0 Å². The van der Waals surface area contributed by atoms with Gasteiger partial charge in [-0.05, 0) is 25.1 Å². The monoisotopic (exact) mass is 385 g/mol. The van der Waals surface area contributed by atoms with Crippen LogP contribution < -0.4 is 10.2 Å². The molecule has 0 spiro atoms. The van der Waals surface area contributed by atoms with Crippen LogP contribution in [-0.2, 0) is 6.54 Å². The van der Waals surface area contributed by atoms with Gasteiger partial charge in [-0.2, -0.15) is 0 Å². The van der Waals surface area contributed by atoms with Gasteiger partial charge in [-0.15, -0.1) is 11.3 Å². The number of carbonyl (C=O) groups excluding carboxylic acids is 2. The predicted octanol–water partition coefficient (Wildman–Crippen LogP) is 1.94. The van der Waals surface area contributed by atoms with Crippen molar-refractivity contribution >= 4 is 29.0 Å². The van der Waals surface area contributed by atoms with Crippen LogP contribution in [0.5, 0.6) is 0 Å². The maximum absolute atomic E-state index is 12.9. The highest BCUT2D eigenvalue weighted by Gasteiger charge is 2.25. The molecule has 0 atom stereocenters. The SMILES string of the molecule is Cc1nc(CN2CCN(C(=O)c3cccc(N4CCNC4=O)c3)CC2)cs1. The highest BCUT2D eigenvalue weighted by Crippen LogP contribution is 2.20.